The van der Waals surface area contributed by atoms with Gasteiger partial charge < -0.3 is 10.1 Å². The number of fused-ring (bicyclic) bond motifs is 1. The van der Waals surface area contributed by atoms with Crippen molar-refractivity contribution in [2.24, 2.45) is 0 Å². The average molecular weight is 495 g/mol. The molecule has 1 aliphatic rings. The first kappa shape index (κ1) is 25.0. The minimum absolute atomic E-state index is 0.148. The van der Waals surface area contributed by atoms with Crippen molar-refractivity contribution < 1.29 is 26.4 Å². The zero-order valence-electron chi connectivity index (χ0n) is 19.6. The van der Waals surface area contributed by atoms with Crippen LogP contribution < -0.4 is 14.4 Å². The quantitative estimate of drug-likeness (QED) is 0.685. The monoisotopic (exact) mass is 494 g/mol. The van der Waals surface area contributed by atoms with Gasteiger partial charge in [-0.15, -0.1) is 0 Å². The van der Waals surface area contributed by atoms with Gasteiger partial charge in [0.2, 0.25) is 10.0 Å². The molecule has 0 aliphatic carbocycles. The summed E-state index contributed by atoms with van der Waals surface area (Å²) in [6.45, 7) is 7.70. The third kappa shape index (κ3) is 5.67. The Morgan fingerprint density at radius 3 is 2.18 bits per heavy atom. The molecule has 2 aromatic rings. The molecule has 1 aliphatic heterocycles. The number of carbonyl (C=O) groups is 1. The van der Waals surface area contributed by atoms with Gasteiger partial charge in [0.1, 0.15) is 5.75 Å². The lowest BCUT2D eigenvalue weighted by Crippen LogP contribution is -2.50. The Labute approximate surface area is 195 Å². The second kappa shape index (κ2) is 8.64. The van der Waals surface area contributed by atoms with Gasteiger partial charge in [0.25, 0.3) is 5.91 Å². The van der Waals surface area contributed by atoms with Gasteiger partial charge in [-0.05, 0) is 47.7 Å². The van der Waals surface area contributed by atoms with Crippen LogP contribution in [-0.4, -0.2) is 47.9 Å². The van der Waals surface area contributed by atoms with Crippen molar-refractivity contribution in [2.45, 2.75) is 50.2 Å². The highest BCUT2D eigenvalue weighted by atomic mass is 32.2. The molecule has 0 saturated carbocycles. The summed E-state index contributed by atoms with van der Waals surface area (Å²) in [5.41, 5.74) is 1.89. The van der Waals surface area contributed by atoms with Crippen LogP contribution in [0.4, 0.5) is 5.69 Å². The number of benzene rings is 2. The Hall–Kier alpha value is -2.59. The maximum absolute atomic E-state index is 13.0. The van der Waals surface area contributed by atoms with Crippen molar-refractivity contribution in [1.29, 1.82) is 0 Å². The number of nitrogens with zero attached hydrogens (tertiary/aromatic N) is 1. The van der Waals surface area contributed by atoms with E-state index in [1.165, 1.54) is 16.4 Å². The first-order chi connectivity index (χ1) is 15.1. The molecule has 0 fully saturated rings. The molecule has 0 aromatic heterocycles. The van der Waals surface area contributed by atoms with Gasteiger partial charge in [0, 0.05) is 6.26 Å². The molecule has 0 saturated heterocycles. The van der Waals surface area contributed by atoms with Crippen LogP contribution in [0.5, 0.6) is 5.75 Å². The van der Waals surface area contributed by atoms with Crippen molar-refractivity contribution >= 4 is 31.5 Å². The van der Waals surface area contributed by atoms with Crippen LogP contribution in [0.2, 0.25) is 0 Å². The van der Waals surface area contributed by atoms with E-state index in [0.717, 1.165) is 18.1 Å². The van der Waals surface area contributed by atoms with E-state index in [4.69, 9.17) is 4.74 Å². The molecule has 0 bridgehead atoms. The number of nitrogens with one attached hydrogen (secondary N) is 1. The van der Waals surface area contributed by atoms with Crippen LogP contribution in [0.3, 0.4) is 0 Å². The number of hydrogen-bond acceptors (Lipinski definition) is 6. The molecule has 0 unspecified atom stereocenters. The lowest BCUT2D eigenvalue weighted by molar-refractivity contribution is -0.128. The predicted molar refractivity (Wildman–Crippen MR) is 128 cm³/mol. The molecule has 3 rings (SSSR count). The van der Waals surface area contributed by atoms with E-state index in [0.29, 0.717) is 17.0 Å². The summed E-state index contributed by atoms with van der Waals surface area (Å²) in [6, 6.07) is 11.1. The van der Waals surface area contributed by atoms with E-state index >= 15 is 0 Å². The highest BCUT2D eigenvalue weighted by molar-refractivity contribution is 7.92. The van der Waals surface area contributed by atoms with Gasteiger partial charge in [-0.2, -0.15) is 0 Å². The SMILES string of the molecule is C[C@H](NC(=O)[C@@H]1CN(S(C)(=O)=O)c2cc(C(C)(C)C)ccc2O1)c1ccc(S(C)(=O)=O)cc1. The topological polar surface area (TPSA) is 110 Å². The molecule has 2 atom stereocenters. The molecule has 1 N–H and O–H groups in total. The second-order valence-electron chi connectivity index (χ2n) is 9.40. The fraction of sp³-hybridized carbons (Fsp3) is 0.435. The van der Waals surface area contributed by atoms with E-state index in [1.54, 1.807) is 31.2 Å². The van der Waals surface area contributed by atoms with Crippen molar-refractivity contribution in [1.82, 2.24) is 5.32 Å². The van der Waals surface area contributed by atoms with Gasteiger partial charge in [-0.25, -0.2) is 16.8 Å². The van der Waals surface area contributed by atoms with Crippen molar-refractivity contribution in [3.05, 3.63) is 53.6 Å². The van der Waals surface area contributed by atoms with Crippen LogP contribution in [-0.2, 0) is 30.1 Å². The number of hydrogen-bond donors (Lipinski definition) is 1. The molecule has 180 valence electrons. The molecule has 8 nitrogen and oxygen atoms in total. The lowest BCUT2D eigenvalue weighted by atomic mass is 9.86. The number of carbonyl (C=O) groups excluding carboxylic acids is 1. The fourth-order valence-electron chi connectivity index (χ4n) is 3.56. The summed E-state index contributed by atoms with van der Waals surface area (Å²) >= 11 is 0. The average Bonchev–Trinajstić information content (AvgIpc) is 2.70. The summed E-state index contributed by atoms with van der Waals surface area (Å²) in [5.74, 6) is -0.140. The Morgan fingerprint density at radius 2 is 1.67 bits per heavy atom. The fourth-order valence-corrected chi connectivity index (χ4v) is 5.10. The van der Waals surface area contributed by atoms with Crippen molar-refractivity contribution in [3.8, 4) is 5.75 Å². The van der Waals surface area contributed by atoms with E-state index in [-0.39, 0.29) is 16.9 Å². The van der Waals surface area contributed by atoms with E-state index in [2.05, 4.69) is 5.32 Å². The number of sulfone groups is 1. The minimum atomic E-state index is -3.65. The number of sulfonamides is 1. The second-order valence-corrected chi connectivity index (χ2v) is 13.3. The Morgan fingerprint density at radius 1 is 1.06 bits per heavy atom. The highest BCUT2D eigenvalue weighted by Gasteiger charge is 2.36. The molecule has 1 heterocycles. The molecular formula is C23H30N2O6S2. The predicted octanol–water partition coefficient (Wildman–Crippen LogP) is 2.79. The van der Waals surface area contributed by atoms with Gasteiger partial charge in [-0.1, -0.05) is 39.0 Å². The number of rotatable bonds is 5. The van der Waals surface area contributed by atoms with Crippen molar-refractivity contribution in [2.75, 3.05) is 23.4 Å². The number of amides is 1. The van der Waals surface area contributed by atoms with Gasteiger partial charge in [0.15, 0.2) is 15.9 Å². The summed E-state index contributed by atoms with van der Waals surface area (Å²) in [7, 11) is -6.97. The summed E-state index contributed by atoms with van der Waals surface area (Å²) in [5, 5.41) is 2.83. The van der Waals surface area contributed by atoms with Gasteiger partial charge in [0.05, 0.1) is 29.4 Å². The molecular weight excluding hydrogens is 464 g/mol. The largest absolute Gasteiger partial charge is 0.476 e. The zero-order chi connectivity index (χ0) is 24.8. The van der Waals surface area contributed by atoms with Crippen LogP contribution in [0.25, 0.3) is 0 Å². The maximum Gasteiger partial charge on any atom is 0.263 e. The maximum atomic E-state index is 13.0. The Bertz CT molecular complexity index is 1260. The molecule has 1 amide bonds. The van der Waals surface area contributed by atoms with Crippen LogP contribution in [0, 0.1) is 0 Å². The molecule has 33 heavy (non-hydrogen) atoms. The standard InChI is InChI=1S/C23H30N2O6S2/c1-15(16-7-10-18(11-8-16)32(5,27)28)24-22(26)21-14-25(33(6,29)30)19-13-17(23(2,3)4)9-12-20(19)31-21/h7-13,15,21H,14H2,1-6H3,(H,24,26)/t15-,21-/m0/s1. The third-order valence-corrected chi connectivity index (χ3v) is 7.83. The first-order valence-electron chi connectivity index (χ1n) is 10.5. The van der Waals surface area contributed by atoms with Crippen LogP contribution in [0.15, 0.2) is 47.4 Å². The molecule has 0 radical (unpaired) electrons. The van der Waals surface area contributed by atoms with Crippen LogP contribution >= 0.6 is 0 Å². The smallest absolute Gasteiger partial charge is 0.263 e. The molecule has 10 heteroatoms. The minimum Gasteiger partial charge on any atom is -0.476 e. The highest BCUT2D eigenvalue weighted by Crippen LogP contribution is 2.38. The first-order valence-corrected chi connectivity index (χ1v) is 14.2. The van der Waals surface area contributed by atoms with E-state index < -0.39 is 37.9 Å². The normalized spacial score (nSPS) is 17.6. The van der Waals surface area contributed by atoms with Gasteiger partial charge >= 0.3 is 0 Å². The Balaban J connectivity index is 1.83. The van der Waals surface area contributed by atoms with Crippen LogP contribution in [0.1, 0.15) is 44.9 Å². The van der Waals surface area contributed by atoms with E-state index in [1.807, 2.05) is 26.8 Å². The lowest BCUT2D eigenvalue weighted by Gasteiger charge is -2.35. The zero-order valence-corrected chi connectivity index (χ0v) is 21.2. The number of ether oxygens (including phenoxy) is 1. The summed E-state index contributed by atoms with van der Waals surface area (Å²) in [6.07, 6.45) is 1.20. The van der Waals surface area contributed by atoms with E-state index in [9.17, 15) is 21.6 Å². The van der Waals surface area contributed by atoms with Crippen molar-refractivity contribution in [3.63, 3.8) is 0 Å². The summed E-state index contributed by atoms with van der Waals surface area (Å²) < 4.78 is 55.4. The summed E-state index contributed by atoms with van der Waals surface area (Å²) in [4.78, 5) is 13.2. The Kier molecular flexibility index (Phi) is 6.56. The number of anilines is 1. The molecule has 0 spiro atoms. The third-order valence-electron chi connectivity index (χ3n) is 5.55. The van der Waals surface area contributed by atoms with Gasteiger partial charge in [-0.3, -0.25) is 9.10 Å². The molecule has 2 aromatic carbocycles.